The van der Waals surface area contributed by atoms with Crippen molar-refractivity contribution in [2.45, 2.75) is 26.8 Å². The fraction of sp³-hybridized carbons (Fsp3) is 0.583. The van der Waals surface area contributed by atoms with Crippen LogP contribution in [0.25, 0.3) is 0 Å². The summed E-state index contributed by atoms with van der Waals surface area (Å²) < 4.78 is 1.75. The number of nitrogens with one attached hydrogen (secondary N) is 1. The third-order valence-corrected chi connectivity index (χ3v) is 2.64. The Hall–Kier alpha value is -2.05. The van der Waals surface area contributed by atoms with Gasteiger partial charge in [-0.05, 0) is 19.4 Å². The van der Waals surface area contributed by atoms with Gasteiger partial charge in [-0.3, -0.25) is 9.48 Å². The second-order valence-corrected chi connectivity index (χ2v) is 4.24. The molecule has 1 aromatic heterocycles. The standard InChI is InChI=1S/C12H20N4O3/c1-3-15(6-4-11(17)18)12(19)13-5-7-16-9-10(2)8-14-16/h8-9H,3-7H2,1-2H3,(H,13,19)(H,17,18). The highest BCUT2D eigenvalue weighted by molar-refractivity contribution is 5.75. The van der Waals surface area contributed by atoms with Crippen LogP contribution in [0.2, 0.25) is 0 Å². The van der Waals surface area contributed by atoms with Crippen molar-refractivity contribution in [3.05, 3.63) is 18.0 Å². The molecular formula is C12H20N4O3. The minimum Gasteiger partial charge on any atom is -0.481 e. The van der Waals surface area contributed by atoms with Crippen LogP contribution >= 0.6 is 0 Å². The number of hydrogen-bond donors (Lipinski definition) is 2. The number of aliphatic carboxylic acids is 1. The fourth-order valence-corrected chi connectivity index (χ4v) is 1.61. The number of aromatic nitrogens is 2. The SMILES string of the molecule is CCN(CCC(=O)O)C(=O)NCCn1cc(C)cn1. The average Bonchev–Trinajstić information content (AvgIpc) is 2.75. The summed E-state index contributed by atoms with van der Waals surface area (Å²) in [6, 6.07) is -0.243. The Kier molecular flexibility index (Phi) is 5.84. The topological polar surface area (TPSA) is 87.5 Å². The van der Waals surface area contributed by atoms with Crippen LogP contribution in [0, 0.1) is 6.92 Å². The first kappa shape index (κ1) is 15.0. The summed E-state index contributed by atoms with van der Waals surface area (Å²) in [6.07, 6.45) is 3.61. The van der Waals surface area contributed by atoms with Gasteiger partial charge in [0.1, 0.15) is 0 Å². The van der Waals surface area contributed by atoms with Crippen molar-refractivity contribution in [2.75, 3.05) is 19.6 Å². The summed E-state index contributed by atoms with van der Waals surface area (Å²) >= 11 is 0. The van der Waals surface area contributed by atoms with Crippen LogP contribution in [0.5, 0.6) is 0 Å². The predicted molar refractivity (Wildman–Crippen MR) is 69.9 cm³/mol. The molecule has 7 nitrogen and oxygen atoms in total. The van der Waals surface area contributed by atoms with E-state index in [4.69, 9.17) is 5.11 Å². The van der Waals surface area contributed by atoms with Gasteiger partial charge < -0.3 is 15.3 Å². The Morgan fingerprint density at radius 1 is 1.53 bits per heavy atom. The van der Waals surface area contributed by atoms with E-state index in [2.05, 4.69) is 10.4 Å². The smallest absolute Gasteiger partial charge is 0.317 e. The van der Waals surface area contributed by atoms with Gasteiger partial charge in [-0.25, -0.2) is 4.79 Å². The zero-order valence-electron chi connectivity index (χ0n) is 11.3. The van der Waals surface area contributed by atoms with Gasteiger partial charge in [0.15, 0.2) is 0 Å². The number of carbonyl (C=O) groups excluding carboxylic acids is 1. The van der Waals surface area contributed by atoms with Crippen molar-refractivity contribution < 1.29 is 14.7 Å². The molecule has 0 saturated carbocycles. The molecule has 0 atom stereocenters. The molecule has 19 heavy (non-hydrogen) atoms. The Balaban J connectivity index is 2.30. The summed E-state index contributed by atoms with van der Waals surface area (Å²) in [6.45, 7) is 5.53. The molecule has 7 heteroatoms. The first-order valence-electron chi connectivity index (χ1n) is 6.26. The molecule has 0 unspecified atom stereocenters. The number of carbonyl (C=O) groups is 2. The molecule has 0 spiro atoms. The van der Waals surface area contributed by atoms with Gasteiger partial charge in [-0.2, -0.15) is 5.10 Å². The molecule has 0 aliphatic carbocycles. The highest BCUT2D eigenvalue weighted by Gasteiger charge is 2.12. The Labute approximate surface area is 112 Å². The van der Waals surface area contributed by atoms with E-state index in [-0.39, 0.29) is 19.0 Å². The number of hydrogen-bond acceptors (Lipinski definition) is 3. The van der Waals surface area contributed by atoms with E-state index in [0.717, 1.165) is 5.56 Å². The number of urea groups is 1. The van der Waals surface area contributed by atoms with Crippen molar-refractivity contribution >= 4 is 12.0 Å². The lowest BCUT2D eigenvalue weighted by atomic mass is 10.4. The molecule has 1 aromatic rings. The summed E-state index contributed by atoms with van der Waals surface area (Å²) in [4.78, 5) is 23.7. The molecule has 1 rings (SSSR count). The van der Waals surface area contributed by atoms with Crippen LogP contribution in [-0.4, -0.2) is 51.4 Å². The van der Waals surface area contributed by atoms with E-state index in [1.165, 1.54) is 4.90 Å². The van der Waals surface area contributed by atoms with Crippen molar-refractivity contribution in [3.63, 3.8) is 0 Å². The molecule has 2 amide bonds. The molecule has 2 N–H and O–H groups in total. The minimum absolute atomic E-state index is 0.0421. The van der Waals surface area contributed by atoms with Crippen LogP contribution in [0.4, 0.5) is 4.79 Å². The maximum atomic E-state index is 11.8. The minimum atomic E-state index is -0.904. The molecular weight excluding hydrogens is 248 g/mol. The van der Waals surface area contributed by atoms with Gasteiger partial charge in [0.05, 0.1) is 19.2 Å². The zero-order chi connectivity index (χ0) is 14.3. The van der Waals surface area contributed by atoms with Gasteiger partial charge in [-0.1, -0.05) is 0 Å². The second-order valence-electron chi connectivity index (χ2n) is 4.24. The third kappa shape index (κ3) is 5.41. The van der Waals surface area contributed by atoms with Gasteiger partial charge >= 0.3 is 12.0 Å². The monoisotopic (exact) mass is 268 g/mol. The van der Waals surface area contributed by atoms with E-state index in [1.807, 2.05) is 20.0 Å². The highest BCUT2D eigenvalue weighted by Crippen LogP contribution is 1.95. The van der Waals surface area contributed by atoms with Gasteiger partial charge in [0, 0.05) is 25.8 Å². The lowest BCUT2D eigenvalue weighted by Crippen LogP contribution is -2.42. The Morgan fingerprint density at radius 3 is 2.79 bits per heavy atom. The molecule has 0 fully saturated rings. The largest absolute Gasteiger partial charge is 0.481 e. The molecule has 0 aromatic carbocycles. The number of aryl methyl sites for hydroxylation is 1. The van der Waals surface area contributed by atoms with E-state index < -0.39 is 5.97 Å². The summed E-state index contributed by atoms with van der Waals surface area (Å²) in [7, 11) is 0. The maximum Gasteiger partial charge on any atom is 0.317 e. The second kappa shape index (κ2) is 7.40. The fourth-order valence-electron chi connectivity index (χ4n) is 1.61. The normalized spacial score (nSPS) is 10.2. The summed E-state index contributed by atoms with van der Waals surface area (Å²) in [5, 5.41) is 15.5. The number of rotatable bonds is 7. The lowest BCUT2D eigenvalue weighted by Gasteiger charge is -2.20. The maximum absolute atomic E-state index is 11.8. The van der Waals surface area contributed by atoms with Gasteiger partial charge in [0.25, 0.3) is 0 Å². The van der Waals surface area contributed by atoms with Gasteiger partial charge in [0.2, 0.25) is 0 Å². The lowest BCUT2D eigenvalue weighted by molar-refractivity contribution is -0.137. The van der Waals surface area contributed by atoms with Gasteiger partial charge in [-0.15, -0.1) is 0 Å². The number of amides is 2. The Bertz CT molecular complexity index is 430. The van der Waals surface area contributed by atoms with Crippen molar-refractivity contribution in [1.29, 1.82) is 0 Å². The zero-order valence-corrected chi connectivity index (χ0v) is 11.3. The van der Waals surface area contributed by atoms with Crippen molar-refractivity contribution in [3.8, 4) is 0 Å². The summed E-state index contributed by atoms with van der Waals surface area (Å²) in [5.41, 5.74) is 1.07. The molecule has 0 saturated heterocycles. The highest BCUT2D eigenvalue weighted by atomic mass is 16.4. The van der Waals surface area contributed by atoms with Crippen LogP contribution in [0.15, 0.2) is 12.4 Å². The molecule has 0 aliphatic heterocycles. The van der Waals surface area contributed by atoms with E-state index in [0.29, 0.717) is 19.6 Å². The van der Waals surface area contributed by atoms with Crippen LogP contribution < -0.4 is 5.32 Å². The van der Waals surface area contributed by atoms with E-state index in [1.54, 1.807) is 10.9 Å². The van der Waals surface area contributed by atoms with Crippen molar-refractivity contribution in [2.24, 2.45) is 0 Å². The molecule has 0 bridgehead atoms. The first-order valence-corrected chi connectivity index (χ1v) is 6.26. The van der Waals surface area contributed by atoms with Crippen LogP contribution in [0.3, 0.4) is 0 Å². The van der Waals surface area contributed by atoms with Crippen LogP contribution in [-0.2, 0) is 11.3 Å². The quantitative estimate of drug-likeness (QED) is 0.762. The number of carboxylic acid groups (broad SMARTS) is 1. The third-order valence-electron chi connectivity index (χ3n) is 2.64. The number of nitrogens with zero attached hydrogens (tertiary/aromatic N) is 3. The Morgan fingerprint density at radius 2 is 2.26 bits per heavy atom. The first-order chi connectivity index (χ1) is 9.02. The molecule has 0 aliphatic rings. The number of carboxylic acids is 1. The average molecular weight is 268 g/mol. The summed E-state index contributed by atoms with van der Waals surface area (Å²) in [5.74, 6) is -0.904. The van der Waals surface area contributed by atoms with E-state index in [9.17, 15) is 9.59 Å². The van der Waals surface area contributed by atoms with Crippen molar-refractivity contribution in [1.82, 2.24) is 20.0 Å². The van der Waals surface area contributed by atoms with E-state index >= 15 is 0 Å². The molecule has 0 radical (unpaired) electrons. The predicted octanol–water partition coefficient (Wildman–Crippen LogP) is 0.698. The van der Waals surface area contributed by atoms with Crippen LogP contribution in [0.1, 0.15) is 18.9 Å². The molecule has 106 valence electrons. The molecule has 1 heterocycles.